The fourth-order valence-electron chi connectivity index (χ4n) is 1.57. The number of ether oxygens (including phenoxy) is 1. The van der Waals surface area contributed by atoms with E-state index in [4.69, 9.17) is 17.7 Å². The topological polar surface area (TPSA) is 29.5 Å². The Morgan fingerprint density at radius 2 is 1.75 bits per heavy atom. The molecule has 1 rings (SSSR count). The Balaban J connectivity index is 2.92. The first-order chi connectivity index (χ1) is 5.34. The van der Waals surface area contributed by atoms with Gasteiger partial charge in [0.25, 0.3) is 0 Å². The van der Waals surface area contributed by atoms with Crippen molar-refractivity contribution in [3.63, 3.8) is 0 Å². The van der Waals surface area contributed by atoms with E-state index in [0.717, 1.165) is 0 Å². The zero-order chi connectivity index (χ0) is 9.57. The minimum atomic E-state index is -0.273. The summed E-state index contributed by atoms with van der Waals surface area (Å²) in [4.78, 5) is 0. The molecule has 1 heterocycles. The Morgan fingerprint density at radius 1 is 1.25 bits per heavy atom. The molecule has 0 aliphatic carbocycles. The zero-order valence-corrected chi connectivity index (χ0v) is 8.29. The average molecular weight is 168 g/mol. The Labute approximate surface area is 75.7 Å². The Morgan fingerprint density at radius 3 is 1.92 bits per heavy atom. The lowest BCUT2D eigenvalue weighted by Crippen LogP contribution is -2.39. The van der Waals surface area contributed by atoms with E-state index in [9.17, 15) is 0 Å². The first-order valence-corrected chi connectivity index (χ1v) is 4.36. The van der Waals surface area contributed by atoms with Crippen LogP contribution in [0.5, 0.6) is 0 Å². The molecule has 0 bridgehead atoms. The molecule has 68 valence electrons. The monoisotopic (exact) mass is 168 g/mol. The third-order valence-electron chi connectivity index (χ3n) is 3.65. The van der Waals surface area contributed by atoms with Gasteiger partial charge in [-0.15, -0.1) is 0 Å². The summed E-state index contributed by atoms with van der Waals surface area (Å²) in [6, 6.07) is -0.273. The molecule has 2 nitrogen and oxygen atoms in total. The van der Waals surface area contributed by atoms with Crippen LogP contribution >= 0.6 is 0 Å². The first-order valence-electron chi connectivity index (χ1n) is 4.36. The van der Waals surface area contributed by atoms with Gasteiger partial charge in [0.2, 0.25) is 0 Å². The average Bonchev–Trinajstić information content (AvgIpc) is 2.10. The zero-order valence-electron chi connectivity index (χ0n) is 8.29. The van der Waals surface area contributed by atoms with Crippen molar-refractivity contribution >= 4 is 7.85 Å². The lowest BCUT2D eigenvalue weighted by Gasteiger charge is -2.37. The largest absolute Gasteiger partial charge is 0.394 e. The quantitative estimate of drug-likeness (QED) is 0.590. The van der Waals surface area contributed by atoms with Gasteiger partial charge in [-0.2, -0.15) is 0 Å². The highest BCUT2D eigenvalue weighted by Gasteiger charge is 2.53. The van der Waals surface area contributed by atoms with Gasteiger partial charge in [-0.05, 0) is 10.8 Å². The van der Waals surface area contributed by atoms with Gasteiger partial charge in [-0.3, -0.25) is 0 Å². The number of hydrogen-bond donors (Lipinski definition) is 1. The van der Waals surface area contributed by atoms with Crippen LogP contribution in [0.15, 0.2) is 0 Å². The van der Waals surface area contributed by atoms with E-state index < -0.39 is 0 Å². The summed E-state index contributed by atoms with van der Waals surface area (Å²) in [5.41, 5.74) is -0.151. The van der Waals surface area contributed by atoms with Gasteiger partial charge in [-0.1, -0.05) is 27.7 Å². The second kappa shape index (κ2) is 2.74. The Hall–Kier alpha value is -0.0151. The smallest absolute Gasteiger partial charge is 0.109 e. The number of aliphatic hydroxyl groups is 1. The van der Waals surface area contributed by atoms with E-state index >= 15 is 0 Å². The minimum Gasteiger partial charge on any atom is -0.394 e. The lowest BCUT2D eigenvalue weighted by molar-refractivity contribution is 0.00544. The number of hydrogen-bond acceptors (Lipinski definition) is 2. The molecular weight excluding hydrogens is 151 g/mol. The molecule has 0 aromatic heterocycles. The summed E-state index contributed by atoms with van der Waals surface area (Å²) >= 11 is 0. The van der Waals surface area contributed by atoms with Gasteiger partial charge in [0.1, 0.15) is 7.85 Å². The van der Waals surface area contributed by atoms with Crippen molar-refractivity contribution in [3.05, 3.63) is 0 Å². The van der Waals surface area contributed by atoms with Crippen molar-refractivity contribution in [2.45, 2.75) is 39.8 Å². The van der Waals surface area contributed by atoms with Crippen molar-refractivity contribution in [3.8, 4) is 0 Å². The van der Waals surface area contributed by atoms with Crippen LogP contribution < -0.4 is 0 Å². The molecule has 1 N–H and O–H groups in total. The molecule has 1 saturated heterocycles. The standard InChI is InChI=1S/C9H17BO2/c1-8(2)6(5-11)12-7(10)9(8,3)4/h6-7,11H,5H2,1-4H3/t6-,7-/m1/s1. The lowest BCUT2D eigenvalue weighted by atomic mass is 9.61. The number of aliphatic hydroxyl groups excluding tert-OH is 1. The van der Waals surface area contributed by atoms with Crippen LogP contribution in [0.3, 0.4) is 0 Å². The molecule has 2 atom stereocenters. The van der Waals surface area contributed by atoms with Gasteiger partial charge in [0.05, 0.1) is 12.7 Å². The molecule has 0 amide bonds. The van der Waals surface area contributed by atoms with Gasteiger partial charge in [0.15, 0.2) is 0 Å². The molecule has 0 aromatic rings. The summed E-state index contributed by atoms with van der Waals surface area (Å²) in [7, 11) is 5.82. The maximum Gasteiger partial charge on any atom is 0.109 e. The summed E-state index contributed by atoms with van der Waals surface area (Å²) in [5, 5.41) is 9.07. The highest BCUT2D eigenvalue weighted by atomic mass is 16.5. The summed E-state index contributed by atoms with van der Waals surface area (Å²) in [6.07, 6.45) is -0.137. The molecule has 1 aliphatic heterocycles. The molecule has 2 radical (unpaired) electrons. The van der Waals surface area contributed by atoms with E-state index in [1.54, 1.807) is 0 Å². The van der Waals surface area contributed by atoms with Crippen LogP contribution in [0.1, 0.15) is 27.7 Å². The van der Waals surface area contributed by atoms with Gasteiger partial charge >= 0.3 is 0 Å². The second-order valence-corrected chi connectivity index (χ2v) is 4.67. The SMILES string of the molecule is [B][C@@H]1O[C@H](CO)C(C)(C)C1(C)C. The van der Waals surface area contributed by atoms with Crippen LogP contribution in [-0.2, 0) is 4.74 Å². The van der Waals surface area contributed by atoms with Gasteiger partial charge < -0.3 is 9.84 Å². The van der Waals surface area contributed by atoms with Crippen molar-refractivity contribution in [1.82, 2.24) is 0 Å². The van der Waals surface area contributed by atoms with E-state index in [0.29, 0.717) is 0 Å². The normalized spacial score (nSPS) is 38.4. The second-order valence-electron chi connectivity index (χ2n) is 4.67. The maximum absolute atomic E-state index is 9.07. The fourth-order valence-corrected chi connectivity index (χ4v) is 1.57. The molecule has 0 spiro atoms. The molecule has 1 aliphatic rings. The Kier molecular flexibility index (Phi) is 2.30. The van der Waals surface area contributed by atoms with Crippen LogP contribution in [0.25, 0.3) is 0 Å². The van der Waals surface area contributed by atoms with E-state index in [1.807, 2.05) is 0 Å². The molecule has 0 unspecified atom stereocenters. The molecule has 1 fully saturated rings. The van der Waals surface area contributed by atoms with Gasteiger partial charge in [0, 0.05) is 6.00 Å². The van der Waals surface area contributed by atoms with Crippen molar-refractivity contribution < 1.29 is 9.84 Å². The fraction of sp³-hybridized carbons (Fsp3) is 1.00. The van der Waals surface area contributed by atoms with E-state index in [1.165, 1.54) is 0 Å². The third kappa shape index (κ3) is 1.11. The molecule has 12 heavy (non-hydrogen) atoms. The summed E-state index contributed by atoms with van der Waals surface area (Å²) < 4.78 is 5.47. The predicted molar refractivity (Wildman–Crippen MR) is 49.1 cm³/mol. The highest BCUT2D eigenvalue weighted by molar-refractivity contribution is 6.11. The van der Waals surface area contributed by atoms with E-state index in [2.05, 4.69) is 27.7 Å². The van der Waals surface area contributed by atoms with Crippen LogP contribution in [0, 0.1) is 10.8 Å². The van der Waals surface area contributed by atoms with Crippen LogP contribution in [0.4, 0.5) is 0 Å². The van der Waals surface area contributed by atoms with Crippen molar-refractivity contribution in [2.24, 2.45) is 10.8 Å². The van der Waals surface area contributed by atoms with Crippen molar-refractivity contribution in [1.29, 1.82) is 0 Å². The van der Waals surface area contributed by atoms with Crippen LogP contribution in [0.2, 0.25) is 0 Å². The maximum atomic E-state index is 9.07. The Bertz CT molecular complexity index is 177. The summed E-state index contributed by atoms with van der Waals surface area (Å²) in [6.45, 7) is 8.37. The first kappa shape index (κ1) is 10.1. The third-order valence-corrected chi connectivity index (χ3v) is 3.65. The minimum absolute atomic E-state index is 0.0458. The molecule has 0 aromatic carbocycles. The molecule has 3 heteroatoms. The van der Waals surface area contributed by atoms with Crippen molar-refractivity contribution in [2.75, 3.05) is 6.61 Å². The summed E-state index contributed by atoms with van der Waals surface area (Å²) in [5.74, 6) is 0. The predicted octanol–water partition coefficient (Wildman–Crippen LogP) is 0.924. The highest BCUT2D eigenvalue weighted by Crippen LogP contribution is 2.51. The molecule has 0 saturated carbocycles. The van der Waals surface area contributed by atoms with Gasteiger partial charge in [-0.25, -0.2) is 0 Å². The van der Waals surface area contributed by atoms with Crippen LogP contribution in [-0.4, -0.2) is 31.7 Å². The molecular formula is C9H17BO2. The van der Waals surface area contributed by atoms with E-state index in [-0.39, 0.29) is 29.5 Å². The number of rotatable bonds is 1.